The number of hydrogen-bond donors (Lipinski definition) is 3. The maximum Gasteiger partial charge on any atom is 0.191 e. The highest BCUT2D eigenvalue weighted by molar-refractivity contribution is 7.98. The zero-order valence-electron chi connectivity index (χ0n) is 12.3. The van der Waals surface area contributed by atoms with Crippen molar-refractivity contribution in [2.75, 3.05) is 37.6 Å². The minimum absolute atomic E-state index is 0.324. The number of aromatic nitrogens is 2. The number of hydrogen-bond acceptors (Lipinski definition) is 7. The summed E-state index contributed by atoms with van der Waals surface area (Å²) >= 11 is 1.49. The van der Waals surface area contributed by atoms with Crippen molar-refractivity contribution in [1.29, 1.82) is 0 Å². The van der Waals surface area contributed by atoms with Crippen LogP contribution in [0.4, 0.5) is 11.6 Å². The van der Waals surface area contributed by atoms with Crippen LogP contribution >= 0.6 is 11.8 Å². The number of nitrogens with zero attached hydrogens (tertiary/aromatic N) is 3. The molecule has 0 aliphatic carbocycles. The molecule has 0 aromatic carbocycles. The van der Waals surface area contributed by atoms with Crippen molar-refractivity contribution in [3.63, 3.8) is 0 Å². The van der Waals surface area contributed by atoms with Gasteiger partial charge >= 0.3 is 0 Å². The van der Waals surface area contributed by atoms with Crippen LogP contribution in [-0.4, -0.2) is 47.8 Å². The number of thioether (sulfide) groups is 1. The van der Waals surface area contributed by atoms with Crippen molar-refractivity contribution >= 4 is 23.4 Å². The highest BCUT2D eigenvalue weighted by Gasteiger charge is 2.15. The van der Waals surface area contributed by atoms with E-state index in [1.807, 2.05) is 12.3 Å². The topological polar surface area (TPSA) is 79.1 Å². The molecule has 1 rings (SSSR count). The van der Waals surface area contributed by atoms with Crippen molar-refractivity contribution in [1.82, 2.24) is 14.9 Å². The smallest absolute Gasteiger partial charge is 0.191 e. The Balaban J connectivity index is 2.88. The minimum Gasteiger partial charge on any atom is -0.366 e. The molecule has 0 bridgehead atoms. The molecule has 7 heteroatoms. The fourth-order valence-electron chi connectivity index (χ4n) is 1.67. The Hall–Kier alpha value is -1.05. The third kappa shape index (κ3) is 5.22. The average Bonchev–Trinajstić information content (AvgIpc) is 2.36. The van der Waals surface area contributed by atoms with Crippen molar-refractivity contribution < 1.29 is 0 Å². The van der Waals surface area contributed by atoms with E-state index in [1.165, 1.54) is 11.8 Å². The third-order valence-corrected chi connectivity index (χ3v) is 3.28. The number of hydrazine groups is 1. The summed E-state index contributed by atoms with van der Waals surface area (Å²) in [5.41, 5.74) is 2.57. The summed E-state index contributed by atoms with van der Waals surface area (Å²) < 4.78 is 0. The summed E-state index contributed by atoms with van der Waals surface area (Å²) in [5.74, 6) is 7.35. The summed E-state index contributed by atoms with van der Waals surface area (Å²) in [6.07, 6.45) is 1.94. The first-order chi connectivity index (χ1) is 8.96. The molecule has 0 aliphatic rings. The van der Waals surface area contributed by atoms with Gasteiger partial charge in [0, 0.05) is 18.7 Å². The highest BCUT2D eigenvalue weighted by Crippen LogP contribution is 2.18. The number of nitrogens with one attached hydrogen (secondary N) is 2. The van der Waals surface area contributed by atoms with Crippen LogP contribution in [-0.2, 0) is 0 Å². The Labute approximate surface area is 119 Å². The monoisotopic (exact) mass is 284 g/mol. The molecule has 1 heterocycles. The maximum atomic E-state index is 5.43. The van der Waals surface area contributed by atoms with E-state index >= 15 is 0 Å². The van der Waals surface area contributed by atoms with Gasteiger partial charge in [-0.2, -0.15) is 0 Å². The van der Waals surface area contributed by atoms with Gasteiger partial charge in [-0.05, 0) is 26.3 Å². The second kappa shape index (κ2) is 7.52. The fraction of sp³-hybridized carbons (Fsp3) is 0.667. The van der Waals surface area contributed by atoms with Crippen LogP contribution in [0.1, 0.15) is 13.8 Å². The van der Waals surface area contributed by atoms with Gasteiger partial charge in [0.2, 0.25) is 0 Å². The summed E-state index contributed by atoms with van der Waals surface area (Å²) in [6, 6.07) is 2.15. The Bertz CT molecular complexity index is 374. The molecule has 6 nitrogen and oxygen atoms in total. The van der Waals surface area contributed by atoms with E-state index < -0.39 is 0 Å². The Kier molecular flexibility index (Phi) is 6.33. The standard InChI is InChI=1S/C12H24N6S/c1-8(2)9(7-18(3)4)14-10-6-11(17-13)16-12(15-10)19-5/h6,8-9H,7,13H2,1-5H3,(H2,14,15,16,17). The molecular weight excluding hydrogens is 260 g/mol. The van der Waals surface area contributed by atoms with Crippen molar-refractivity contribution in [2.24, 2.45) is 11.8 Å². The maximum absolute atomic E-state index is 5.43. The SMILES string of the molecule is CSc1nc(NN)cc(NC(CN(C)C)C(C)C)n1. The van der Waals surface area contributed by atoms with Gasteiger partial charge in [-0.3, -0.25) is 0 Å². The second-order valence-electron chi connectivity index (χ2n) is 5.03. The van der Waals surface area contributed by atoms with Gasteiger partial charge in [0.15, 0.2) is 5.16 Å². The quantitative estimate of drug-likeness (QED) is 0.303. The molecule has 0 fully saturated rings. The summed E-state index contributed by atoms with van der Waals surface area (Å²) in [4.78, 5) is 10.9. The predicted molar refractivity (Wildman–Crippen MR) is 82.4 cm³/mol. The van der Waals surface area contributed by atoms with Crippen LogP contribution in [0, 0.1) is 5.92 Å². The molecule has 19 heavy (non-hydrogen) atoms. The van der Waals surface area contributed by atoms with Gasteiger partial charge in [0.25, 0.3) is 0 Å². The lowest BCUT2D eigenvalue weighted by atomic mass is 10.0. The first kappa shape index (κ1) is 16.0. The average molecular weight is 284 g/mol. The van der Waals surface area contributed by atoms with Crippen molar-refractivity contribution in [2.45, 2.75) is 25.0 Å². The van der Waals surface area contributed by atoms with Crippen LogP contribution in [0.2, 0.25) is 0 Å². The number of rotatable bonds is 7. The molecule has 1 atom stereocenters. The molecule has 1 aromatic rings. The van der Waals surface area contributed by atoms with Crippen molar-refractivity contribution in [3.8, 4) is 0 Å². The van der Waals surface area contributed by atoms with E-state index in [2.05, 4.69) is 53.6 Å². The molecule has 0 spiro atoms. The molecule has 0 amide bonds. The molecule has 0 radical (unpaired) electrons. The molecule has 1 aromatic heterocycles. The normalized spacial score (nSPS) is 12.8. The molecule has 108 valence electrons. The lowest BCUT2D eigenvalue weighted by Gasteiger charge is -2.26. The Morgan fingerprint density at radius 3 is 2.42 bits per heavy atom. The lowest BCUT2D eigenvalue weighted by Crippen LogP contribution is -2.36. The number of likely N-dealkylation sites (N-methyl/N-ethyl adjacent to an activating group) is 1. The van der Waals surface area contributed by atoms with Gasteiger partial charge in [-0.15, -0.1) is 0 Å². The number of nitrogen functional groups attached to an aromatic ring is 1. The van der Waals surface area contributed by atoms with E-state index in [-0.39, 0.29) is 0 Å². The van der Waals surface area contributed by atoms with Gasteiger partial charge in [0.1, 0.15) is 11.6 Å². The lowest BCUT2D eigenvalue weighted by molar-refractivity contribution is 0.344. The number of nitrogens with two attached hydrogens (primary N) is 1. The van der Waals surface area contributed by atoms with Gasteiger partial charge < -0.3 is 15.6 Å². The molecule has 0 aliphatic heterocycles. The first-order valence-corrected chi connectivity index (χ1v) is 7.49. The predicted octanol–water partition coefficient (Wildman–Crippen LogP) is 1.48. The van der Waals surface area contributed by atoms with Gasteiger partial charge in [-0.25, -0.2) is 15.8 Å². The zero-order valence-corrected chi connectivity index (χ0v) is 13.1. The van der Waals surface area contributed by atoms with E-state index in [0.717, 1.165) is 12.4 Å². The van der Waals surface area contributed by atoms with Gasteiger partial charge in [0.05, 0.1) is 0 Å². The summed E-state index contributed by atoms with van der Waals surface area (Å²) in [5, 5.41) is 4.16. The van der Waals surface area contributed by atoms with E-state index in [4.69, 9.17) is 5.84 Å². The van der Waals surface area contributed by atoms with Gasteiger partial charge in [-0.1, -0.05) is 25.6 Å². The second-order valence-corrected chi connectivity index (χ2v) is 5.80. The third-order valence-electron chi connectivity index (χ3n) is 2.74. The van der Waals surface area contributed by atoms with E-state index in [1.54, 1.807) is 0 Å². The molecule has 0 saturated heterocycles. The Morgan fingerprint density at radius 1 is 1.32 bits per heavy atom. The van der Waals surface area contributed by atoms with E-state index in [0.29, 0.717) is 22.9 Å². The van der Waals surface area contributed by atoms with Crippen LogP contribution in [0.5, 0.6) is 0 Å². The molecule has 4 N–H and O–H groups in total. The van der Waals surface area contributed by atoms with E-state index in [9.17, 15) is 0 Å². The number of anilines is 2. The zero-order chi connectivity index (χ0) is 14.4. The summed E-state index contributed by atoms with van der Waals surface area (Å²) in [6.45, 7) is 5.33. The Morgan fingerprint density at radius 2 is 1.95 bits per heavy atom. The van der Waals surface area contributed by atoms with Crippen LogP contribution in [0.15, 0.2) is 11.2 Å². The largest absolute Gasteiger partial charge is 0.366 e. The van der Waals surface area contributed by atoms with Crippen LogP contribution in [0.25, 0.3) is 0 Å². The molecule has 0 saturated carbocycles. The molecule has 1 unspecified atom stereocenters. The van der Waals surface area contributed by atoms with Crippen molar-refractivity contribution in [3.05, 3.63) is 6.07 Å². The fourth-order valence-corrected chi connectivity index (χ4v) is 2.05. The van der Waals surface area contributed by atoms with Crippen LogP contribution < -0.4 is 16.6 Å². The molecular formula is C12H24N6S. The summed E-state index contributed by atoms with van der Waals surface area (Å²) in [7, 11) is 4.13. The minimum atomic E-state index is 0.324. The first-order valence-electron chi connectivity index (χ1n) is 6.27. The highest BCUT2D eigenvalue weighted by atomic mass is 32.2. The van der Waals surface area contributed by atoms with Crippen LogP contribution in [0.3, 0.4) is 0 Å².